The maximum absolute atomic E-state index is 6.33. The average molecular weight is 421 g/mol. The van der Waals surface area contributed by atoms with Crippen LogP contribution in [0.2, 0.25) is 0 Å². The molecule has 0 saturated heterocycles. The number of nitrogens with one attached hydrogen (secondary N) is 2. The molecule has 3 atom stereocenters. The van der Waals surface area contributed by atoms with Crippen LogP contribution in [0.25, 0.3) is 10.9 Å². The van der Waals surface area contributed by atoms with Crippen molar-refractivity contribution in [2.75, 3.05) is 11.9 Å². The molecule has 0 amide bonds. The summed E-state index contributed by atoms with van der Waals surface area (Å²) in [4.78, 5) is 3.47. The molecule has 2 aliphatic rings. The van der Waals surface area contributed by atoms with Crippen LogP contribution < -0.4 is 10.1 Å². The fourth-order valence-electron chi connectivity index (χ4n) is 5.48. The van der Waals surface area contributed by atoms with E-state index in [2.05, 4.69) is 101 Å². The number of aryl methyl sites for hydroxylation is 1. The highest BCUT2D eigenvalue weighted by atomic mass is 16.5. The quantitative estimate of drug-likeness (QED) is 0.260. The van der Waals surface area contributed by atoms with Crippen molar-refractivity contribution in [3.63, 3.8) is 0 Å². The molecule has 3 aromatic carbocycles. The van der Waals surface area contributed by atoms with Crippen molar-refractivity contribution in [3.8, 4) is 5.75 Å². The summed E-state index contributed by atoms with van der Waals surface area (Å²) < 4.78 is 6.33. The van der Waals surface area contributed by atoms with Crippen LogP contribution in [-0.4, -0.2) is 11.6 Å². The number of rotatable bonds is 6. The highest BCUT2D eigenvalue weighted by molar-refractivity contribution is 5.84. The Hall–Kier alpha value is -3.46. The first-order chi connectivity index (χ1) is 15.9. The monoisotopic (exact) mass is 420 g/mol. The molecule has 0 saturated carbocycles. The van der Waals surface area contributed by atoms with E-state index in [-0.39, 0.29) is 6.04 Å². The van der Waals surface area contributed by atoms with Crippen LogP contribution in [0.3, 0.4) is 0 Å². The first kappa shape index (κ1) is 19.2. The normalized spacial score (nSPS) is 21.2. The van der Waals surface area contributed by atoms with Crippen LogP contribution in [0.4, 0.5) is 5.69 Å². The van der Waals surface area contributed by atoms with Crippen LogP contribution in [0.5, 0.6) is 5.75 Å². The van der Waals surface area contributed by atoms with Crippen molar-refractivity contribution >= 4 is 16.6 Å². The molecule has 0 spiro atoms. The summed E-state index contributed by atoms with van der Waals surface area (Å²) in [5.41, 5.74) is 6.44. The van der Waals surface area contributed by atoms with Gasteiger partial charge in [0.15, 0.2) is 0 Å². The molecule has 3 nitrogen and oxygen atoms in total. The van der Waals surface area contributed by atoms with Gasteiger partial charge in [-0.05, 0) is 54.0 Å². The number of aromatic nitrogens is 1. The fourth-order valence-corrected chi connectivity index (χ4v) is 5.48. The molecule has 2 heterocycles. The van der Waals surface area contributed by atoms with E-state index in [0.717, 1.165) is 30.7 Å². The molecule has 6 rings (SSSR count). The second-order valence-corrected chi connectivity index (χ2v) is 8.92. The number of hydrogen-bond acceptors (Lipinski definition) is 2. The lowest BCUT2D eigenvalue weighted by atomic mass is 9.77. The van der Waals surface area contributed by atoms with Crippen LogP contribution >= 0.6 is 0 Å². The summed E-state index contributed by atoms with van der Waals surface area (Å²) in [6, 6.07) is 26.0. The summed E-state index contributed by atoms with van der Waals surface area (Å²) in [6.07, 6.45) is 10.1. The van der Waals surface area contributed by atoms with Gasteiger partial charge in [-0.1, -0.05) is 72.8 Å². The molecular formula is C29H28N2O. The predicted molar refractivity (Wildman–Crippen MR) is 131 cm³/mol. The van der Waals surface area contributed by atoms with Crippen molar-refractivity contribution in [1.29, 1.82) is 0 Å². The Kier molecular flexibility index (Phi) is 4.95. The smallest absolute Gasteiger partial charge is 0.142 e. The van der Waals surface area contributed by atoms with Gasteiger partial charge >= 0.3 is 0 Å². The van der Waals surface area contributed by atoms with Crippen LogP contribution in [-0.2, 0) is 6.42 Å². The molecule has 4 aromatic rings. The number of H-pyrrole nitrogens is 1. The molecule has 1 aromatic heterocycles. The summed E-state index contributed by atoms with van der Waals surface area (Å²) >= 11 is 0. The lowest BCUT2D eigenvalue weighted by Gasteiger charge is -2.38. The van der Waals surface area contributed by atoms with Gasteiger partial charge in [0.25, 0.3) is 0 Å². The third-order valence-corrected chi connectivity index (χ3v) is 7.02. The van der Waals surface area contributed by atoms with E-state index in [0.29, 0.717) is 18.4 Å². The first-order valence-corrected chi connectivity index (χ1v) is 11.7. The minimum atomic E-state index is 0.257. The second-order valence-electron chi connectivity index (χ2n) is 8.92. The van der Waals surface area contributed by atoms with Gasteiger partial charge in [0.1, 0.15) is 5.75 Å². The van der Waals surface area contributed by atoms with Gasteiger partial charge in [0.2, 0.25) is 0 Å². The maximum atomic E-state index is 6.33. The third-order valence-electron chi connectivity index (χ3n) is 7.02. The van der Waals surface area contributed by atoms with E-state index in [9.17, 15) is 0 Å². The summed E-state index contributed by atoms with van der Waals surface area (Å²) in [5, 5.41) is 5.21. The van der Waals surface area contributed by atoms with Gasteiger partial charge in [0.05, 0.1) is 18.3 Å². The van der Waals surface area contributed by atoms with E-state index in [1.165, 1.54) is 27.6 Å². The van der Waals surface area contributed by atoms with Gasteiger partial charge in [-0.3, -0.25) is 0 Å². The van der Waals surface area contributed by atoms with Gasteiger partial charge in [-0.15, -0.1) is 0 Å². The number of anilines is 1. The SMILES string of the molecule is C1=CC2c3cccc(OCCCc4ccccc4)c3NC(c3c[nH]c4ccccc34)C2C1. The van der Waals surface area contributed by atoms with Crippen molar-refractivity contribution in [2.24, 2.45) is 5.92 Å². The molecule has 1 aliphatic heterocycles. The highest BCUT2D eigenvalue weighted by Crippen LogP contribution is 2.52. The number of aromatic amines is 1. The highest BCUT2D eigenvalue weighted by Gasteiger charge is 2.39. The number of fused-ring (bicyclic) bond motifs is 4. The topological polar surface area (TPSA) is 37.0 Å². The number of para-hydroxylation sites is 2. The van der Waals surface area contributed by atoms with E-state index in [1.54, 1.807) is 0 Å². The Labute approximate surface area is 189 Å². The van der Waals surface area contributed by atoms with Gasteiger partial charge in [0, 0.05) is 23.0 Å². The van der Waals surface area contributed by atoms with E-state index in [1.807, 2.05) is 0 Å². The molecule has 160 valence electrons. The Bertz CT molecular complexity index is 1260. The minimum Gasteiger partial charge on any atom is -0.491 e. The number of allylic oxidation sites excluding steroid dienone is 2. The average Bonchev–Trinajstić information content (AvgIpc) is 3.50. The molecular weight excluding hydrogens is 392 g/mol. The van der Waals surface area contributed by atoms with Gasteiger partial charge < -0.3 is 15.0 Å². The van der Waals surface area contributed by atoms with Crippen LogP contribution in [0, 0.1) is 5.92 Å². The van der Waals surface area contributed by atoms with E-state index in [4.69, 9.17) is 4.74 Å². The summed E-state index contributed by atoms with van der Waals surface area (Å²) in [7, 11) is 0. The molecule has 2 N–H and O–H groups in total. The minimum absolute atomic E-state index is 0.257. The Balaban J connectivity index is 1.27. The third kappa shape index (κ3) is 3.38. The molecule has 32 heavy (non-hydrogen) atoms. The Morgan fingerprint density at radius 3 is 2.69 bits per heavy atom. The molecule has 0 bridgehead atoms. The van der Waals surface area contributed by atoms with Crippen LogP contribution in [0.15, 0.2) is 91.1 Å². The fraction of sp³-hybridized carbons (Fsp3) is 0.241. The zero-order valence-corrected chi connectivity index (χ0v) is 18.1. The number of ether oxygens (including phenoxy) is 1. The molecule has 1 aliphatic carbocycles. The van der Waals surface area contributed by atoms with Crippen LogP contribution in [0.1, 0.15) is 41.5 Å². The lowest BCUT2D eigenvalue weighted by Crippen LogP contribution is -2.29. The Morgan fingerprint density at radius 2 is 1.75 bits per heavy atom. The maximum Gasteiger partial charge on any atom is 0.142 e. The molecule has 3 heteroatoms. The predicted octanol–water partition coefficient (Wildman–Crippen LogP) is 7.01. The van der Waals surface area contributed by atoms with Crippen molar-refractivity contribution < 1.29 is 4.74 Å². The van der Waals surface area contributed by atoms with Crippen molar-refractivity contribution in [2.45, 2.75) is 31.2 Å². The van der Waals surface area contributed by atoms with Gasteiger partial charge in [-0.25, -0.2) is 0 Å². The Morgan fingerprint density at radius 1 is 0.875 bits per heavy atom. The lowest BCUT2D eigenvalue weighted by molar-refractivity contribution is 0.309. The molecule has 0 fully saturated rings. The standard InChI is InChI=1S/C29H28N2O/c1-2-9-20(10-3-1)11-8-18-32-27-17-7-15-24-21-13-6-14-23(21)28(31-29(24)27)25-19-30-26-16-5-4-12-22(25)26/h1-7,9-10,12-13,15-17,19,21,23,28,30-31H,8,11,14,18H2. The van der Waals surface area contributed by atoms with E-state index >= 15 is 0 Å². The largest absolute Gasteiger partial charge is 0.491 e. The first-order valence-electron chi connectivity index (χ1n) is 11.7. The van der Waals surface area contributed by atoms with Gasteiger partial charge in [-0.2, -0.15) is 0 Å². The second kappa shape index (κ2) is 8.23. The molecule has 3 unspecified atom stereocenters. The number of hydrogen-bond donors (Lipinski definition) is 2. The van der Waals surface area contributed by atoms with E-state index < -0.39 is 0 Å². The van der Waals surface area contributed by atoms with Crippen molar-refractivity contribution in [3.05, 3.63) is 108 Å². The zero-order valence-electron chi connectivity index (χ0n) is 18.1. The molecule has 0 radical (unpaired) electrons. The number of benzene rings is 3. The van der Waals surface area contributed by atoms with Crippen molar-refractivity contribution in [1.82, 2.24) is 4.98 Å². The zero-order chi connectivity index (χ0) is 21.3. The summed E-state index contributed by atoms with van der Waals surface area (Å²) in [5.74, 6) is 1.92. The summed E-state index contributed by atoms with van der Waals surface area (Å²) in [6.45, 7) is 0.717.